The second-order valence-corrected chi connectivity index (χ2v) is 6.10. The topological polar surface area (TPSA) is 3.24 Å². The Morgan fingerprint density at radius 1 is 1.38 bits per heavy atom. The van der Waals surface area contributed by atoms with Crippen LogP contribution in [0.5, 0.6) is 0 Å². The Balaban J connectivity index is 1.70. The summed E-state index contributed by atoms with van der Waals surface area (Å²) in [6.45, 7) is 6.10. The van der Waals surface area contributed by atoms with Crippen LogP contribution in [0.25, 0.3) is 0 Å². The smallest absolute Gasteiger partial charge is 0.0406 e. The Morgan fingerprint density at radius 2 is 2.12 bits per heavy atom. The Morgan fingerprint density at radius 3 is 2.75 bits per heavy atom. The third-order valence-electron chi connectivity index (χ3n) is 3.00. The van der Waals surface area contributed by atoms with E-state index < -0.39 is 0 Å². The van der Waals surface area contributed by atoms with Gasteiger partial charge in [0.2, 0.25) is 0 Å². The lowest BCUT2D eigenvalue weighted by Crippen LogP contribution is -2.22. The lowest BCUT2D eigenvalue weighted by atomic mass is 10.2. The number of hydrogen-bond donors (Lipinski definition) is 0. The summed E-state index contributed by atoms with van der Waals surface area (Å²) in [5.74, 6) is 2.06. The maximum Gasteiger partial charge on any atom is 0.0406 e. The number of hydrogen-bond acceptors (Lipinski definition) is 2. The molecule has 1 nitrogen and oxygen atoms in total. The number of thioether (sulfide) groups is 1. The quantitative estimate of drug-likeness (QED) is 0.754. The number of halogens is 1. The minimum Gasteiger partial charge on any atom is -0.302 e. The Bertz CT molecular complexity index is 325. The molecule has 88 valence electrons. The average molecular weight is 256 g/mol. The molecule has 1 heterocycles. The molecule has 0 aliphatic carbocycles. The minimum atomic E-state index is 0.817. The van der Waals surface area contributed by atoms with Crippen molar-refractivity contribution in [3.63, 3.8) is 0 Å². The van der Waals surface area contributed by atoms with Crippen LogP contribution in [0.4, 0.5) is 0 Å². The first-order valence-corrected chi connectivity index (χ1v) is 7.21. The van der Waals surface area contributed by atoms with Gasteiger partial charge in [0, 0.05) is 28.8 Å². The van der Waals surface area contributed by atoms with Crippen LogP contribution in [0.15, 0.2) is 29.2 Å². The zero-order valence-corrected chi connectivity index (χ0v) is 11.2. The largest absolute Gasteiger partial charge is 0.302 e. The predicted octanol–water partition coefficient (Wildman–Crippen LogP) is 3.77. The van der Waals surface area contributed by atoms with Crippen LogP contribution in [0.1, 0.15) is 13.3 Å². The number of rotatable bonds is 4. The van der Waals surface area contributed by atoms with Crippen LogP contribution in [-0.4, -0.2) is 30.3 Å². The van der Waals surface area contributed by atoms with E-state index in [0.29, 0.717) is 0 Å². The third kappa shape index (κ3) is 3.69. The maximum absolute atomic E-state index is 5.85. The summed E-state index contributed by atoms with van der Waals surface area (Å²) in [6.07, 6.45) is 1.37. The molecule has 0 aromatic heterocycles. The molecule has 2 rings (SSSR count). The van der Waals surface area contributed by atoms with Crippen molar-refractivity contribution in [2.75, 3.05) is 25.4 Å². The van der Waals surface area contributed by atoms with Gasteiger partial charge in [-0.3, -0.25) is 0 Å². The fourth-order valence-corrected chi connectivity index (χ4v) is 3.09. The van der Waals surface area contributed by atoms with Gasteiger partial charge in [0.15, 0.2) is 0 Å². The summed E-state index contributed by atoms with van der Waals surface area (Å²) in [6, 6.07) is 8.11. The summed E-state index contributed by atoms with van der Waals surface area (Å²) in [5, 5.41) is 0.817. The van der Waals surface area contributed by atoms with Gasteiger partial charge in [-0.2, -0.15) is 0 Å². The summed E-state index contributed by atoms with van der Waals surface area (Å²) in [7, 11) is 0. The molecule has 0 spiro atoms. The lowest BCUT2D eigenvalue weighted by Gasteiger charge is -2.14. The molecule has 1 aromatic rings. The molecule has 3 heteroatoms. The van der Waals surface area contributed by atoms with Gasteiger partial charge < -0.3 is 4.90 Å². The van der Waals surface area contributed by atoms with Crippen molar-refractivity contribution in [3.8, 4) is 0 Å². The van der Waals surface area contributed by atoms with Crippen molar-refractivity contribution in [2.24, 2.45) is 5.92 Å². The van der Waals surface area contributed by atoms with Gasteiger partial charge in [0.25, 0.3) is 0 Å². The van der Waals surface area contributed by atoms with Crippen molar-refractivity contribution in [3.05, 3.63) is 29.3 Å². The van der Waals surface area contributed by atoms with E-state index in [1.165, 1.54) is 36.7 Å². The van der Waals surface area contributed by atoms with Crippen molar-refractivity contribution in [2.45, 2.75) is 18.2 Å². The highest BCUT2D eigenvalue weighted by Gasteiger charge is 2.17. The van der Waals surface area contributed by atoms with Crippen molar-refractivity contribution >= 4 is 23.4 Å². The second-order valence-electron chi connectivity index (χ2n) is 4.50. The van der Waals surface area contributed by atoms with Gasteiger partial charge in [-0.05, 0) is 43.1 Å². The van der Waals surface area contributed by atoms with Gasteiger partial charge in [-0.1, -0.05) is 18.5 Å². The molecule has 1 aromatic carbocycles. The Labute approximate surface area is 107 Å². The highest BCUT2D eigenvalue weighted by molar-refractivity contribution is 7.99. The number of nitrogens with zero attached hydrogens (tertiary/aromatic N) is 1. The molecule has 0 amide bonds. The molecule has 1 aliphatic heterocycles. The third-order valence-corrected chi connectivity index (χ3v) is 4.24. The molecular weight excluding hydrogens is 238 g/mol. The van der Waals surface area contributed by atoms with Crippen LogP contribution < -0.4 is 0 Å². The highest BCUT2D eigenvalue weighted by Crippen LogP contribution is 2.21. The van der Waals surface area contributed by atoms with E-state index in [-0.39, 0.29) is 0 Å². The van der Waals surface area contributed by atoms with Crippen LogP contribution in [-0.2, 0) is 0 Å². The van der Waals surface area contributed by atoms with Gasteiger partial charge >= 0.3 is 0 Å². The van der Waals surface area contributed by atoms with E-state index in [9.17, 15) is 0 Å². The molecule has 0 bridgehead atoms. The van der Waals surface area contributed by atoms with Gasteiger partial charge in [0.05, 0.1) is 0 Å². The molecule has 1 saturated heterocycles. The normalized spacial score (nSPS) is 21.5. The zero-order valence-electron chi connectivity index (χ0n) is 9.66. The molecule has 0 N–H and O–H groups in total. The SMILES string of the molecule is CC1CCN(CCSc2ccc(Cl)cc2)C1. The summed E-state index contributed by atoms with van der Waals surface area (Å²) in [5.41, 5.74) is 0. The molecule has 1 atom stereocenters. The molecular formula is C13H18ClNS. The summed E-state index contributed by atoms with van der Waals surface area (Å²) < 4.78 is 0. The fourth-order valence-electron chi connectivity index (χ4n) is 2.05. The maximum atomic E-state index is 5.85. The van der Waals surface area contributed by atoms with Crippen LogP contribution >= 0.6 is 23.4 Å². The first kappa shape index (κ1) is 12.3. The Kier molecular flexibility index (Phi) is 4.56. The number of benzene rings is 1. The van der Waals surface area contributed by atoms with E-state index in [0.717, 1.165) is 10.9 Å². The number of likely N-dealkylation sites (tertiary alicyclic amines) is 1. The highest BCUT2D eigenvalue weighted by atomic mass is 35.5. The van der Waals surface area contributed by atoms with Gasteiger partial charge in [-0.15, -0.1) is 11.8 Å². The van der Waals surface area contributed by atoms with Gasteiger partial charge in [0.1, 0.15) is 0 Å². The molecule has 0 radical (unpaired) electrons. The van der Waals surface area contributed by atoms with Crippen molar-refractivity contribution < 1.29 is 0 Å². The average Bonchev–Trinajstić information content (AvgIpc) is 2.67. The first-order chi connectivity index (χ1) is 7.74. The molecule has 1 fully saturated rings. The standard InChI is InChI=1S/C13H18ClNS/c1-11-6-7-15(10-11)8-9-16-13-4-2-12(14)3-5-13/h2-5,11H,6-10H2,1H3. The van der Waals surface area contributed by atoms with Crippen LogP contribution in [0.2, 0.25) is 5.02 Å². The second kappa shape index (κ2) is 5.95. The molecule has 1 aliphatic rings. The molecule has 0 saturated carbocycles. The summed E-state index contributed by atoms with van der Waals surface area (Å²) in [4.78, 5) is 3.88. The first-order valence-electron chi connectivity index (χ1n) is 5.85. The molecule has 16 heavy (non-hydrogen) atoms. The van der Waals surface area contributed by atoms with Gasteiger partial charge in [-0.25, -0.2) is 0 Å². The van der Waals surface area contributed by atoms with E-state index in [2.05, 4.69) is 24.0 Å². The fraction of sp³-hybridized carbons (Fsp3) is 0.538. The molecule has 1 unspecified atom stereocenters. The van der Waals surface area contributed by atoms with Crippen LogP contribution in [0.3, 0.4) is 0 Å². The Hall–Kier alpha value is -0.180. The lowest BCUT2D eigenvalue weighted by molar-refractivity contribution is 0.349. The predicted molar refractivity (Wildman–Crippen MR) is 72.4 cm³/mol. The van der Waals surface area contributed by atoms with Crippen molar-refractivity contribution in [1.82, 2.24) is 4.90 Å². The van der Waals surface area contributed by atoms with E-state index in [1.807, 2.05) is 23.9 Å². The zero-order chi connectivity index (χ0) is 11.4. The van der Waals surface area contributed by atoms with E-state index >= 15 is 0 Å². The summed E-state index contributed by atoms with van der Waals surface area (Å²) >= 11 is 7.76. The van der Waals surface area contributed by atoms with E-state index in [1.54, 1.807) is 0 Å². The minimum absolute atomic E-state index is 0.817. The monoisotopic (exact) mass is 255 g/mol. The van der Waals surface area contributed by atoms with Crippen LogP contribution in [0, 0.1) is 5.92 Å². The van der Waals surface area contributed by atoms with E-state index in [4.69, 9.17) is 11.6 Å². The van der Waals surface area contributed by atoms with Crippen molar-refractivity contribution in [1.29, 1.82) is 0 Å².